The molecule has 0 fully saturated rings. The Morgan fingerprint density at radius 3 is 1.67 bits per heavy atom. The molecule has 0 aromatic rings. The Morgan fingerprint density at radius 2 is 1.67 bits per heavy atom. The Kier molecular flexibility index (Phi) is 24.7. The summed E-state index contributed by atoms with van der Waals surface area (Å²) in [5, 5.41) is 8.89. The van der Waals surface area contributed by atoms with Gasteiger partial charge in [0, 0.05) is 5.97 Å². The van der Waals surface area contributed by atoms with Crippen LogP contribution in [0.1, 0.15) is 14.4 Å². The quantitative estimate of drug-likeness (QED) is 0.305. The zero-order valence-corrected chi connectivity index (χ0v) is 6.44. The second kappa shape index (κ2) is 9.44. The molecule has 0 saturated heterocycles. The maximum atomic E-state index is 8.89. The fourth-order valence-electron chi connectivity index (χ4n) is 0. The maximum absolute atomic E-state index is 8.89. The number of carbonyl (C=O) groups excluding carboxylic acids is 1. The van der Waals surface area contributed by atoms with Gasteiger partial charge in [0.25, 0.3) is 0 Å². The summed E-state index contributed by atoms with van der Waals surface area (Å²) in [5.74, 6) is -1.08. The molecule has 0 spiro atoms. The van der Waals surface area contributed by atoms with Gasteiger partial charge in [0.15, 0.2) is 0 Å². The number of carbonyl (C=O) groups is 1. The average Bonchev–Trinajstić information content (AvgIpc) is 0.811. The van der Waals surface area contributed by atoms with Crippen molar-refractivity contribution in [3.05, 3.63) is 0 Å². The number of hydrogen-bond donors (Lipinski definition) is 0. The van der Waals surface area contributed by atoms with Gasteiger partial charge < -0.3 is 9.90 Å². The summed E-state index contributed by atoms with van der Waals surface area (Å²) in [5.41, 5.74) is 0. The molecule has 0 aromatic carbocycles. The molecule has 0 radical (unpaired) electrons. The summed E-state index contributed by atoms with van der Waals surface area (Å²) in [6.07, 6.45) is 0. The predicted octanol–water partition coefficient (Wildman–Crippen LogP) is -3.60. The van der Waals surface area contributed by atoms with Crippen LogP contribution in [0.3, 0.4) is 0 Å². The zero-order valence-electron chi connectivity index (χ0n) is 3.32. The predicted molar refractivity (Wildman–Crippen MR) is 17.4 cm³/mol. The van der Waals surface area contributed by atoms with E-state index < -0.39 is 5.97 Å². The molecule has 0 atom stereocenters. The average molecular weight is 114 g/mol. The number of carboxylic acid groups (broad SMARTS) is 1. The van der Waals surface area contributed by atoms with Gasteiger partial charge in [0.1, 0.15) is 0 Å². The first kappa shape index (κ1) is 15.7. The van der Waals surface area contributed by atoms with Crippen molar-refractivity contribution in [2.45, 2.75) is 14.4 Å². The van der Waals surface area contributed by atoms with Gasteiger partial charge in [-0.2, -0.15) is 0 Å². The van der Waals surface area contributed by atoms with Gasteiger partial charge in [-0.25, -0.2) is 0 Å². The van der Waals surface area contributed by atoms with Crippen LogP contribution < -0.4 is 56.5 Å². The van der Waals surface area contributed by atoms with Gasteiger partial charge in [-0.05, 0) is 6.92 Å². The summed E-state index contributed by atoms with van der Waals surface area (Å²) < 4.78 is 0. The van der Waals surface area contributed by atoms with E-state index in [9.17, 15) is 0 Å². The molecule has 3 heteroatoms. The first-order chi connectivity index (χ1) is 1.73. The largest absolute Gasteiger partial charge is 1.00 e. The monoisotopic (exact) mass is 114 g/mol. The van der Waals surface area contributed by atoms with Crippen molar-refractivity contribution in [3.63, 3.8) is 0 Å². The molecule has 0 saturated carbocycles. The molecular weight excluding hydrogens is 107 g/mol. The van der Waals surface area contributed by atoms with Gasteiger partial charge in [-0.1, -0.05) is 7.43 Å². The van der Waals surface area contributed by atoms with Crippen LogP contribution in [-0.4, -0.2) is 5.97 Å². The molecule has 0 aromatic heterocycles. The van der Waals surface area contributed by atoms with Gasteiger partial charge in [-0.3, -0.25) is 0 Å². The van der Waals surface area contributed by atoms with Crippen LogP contribution >= 0.6 is 0 Å². The van der Waals surface area contributed by atoms with Crippen LogP contribution in [0, 0.1) is 0 Å². The summed E-state index contributed by atoms with van der Waals surface area (Å²) in [6, 6.07) is 0. The van der Waals surface area contributed by atoms with Crippen molar-refractivity contribution >= 4 is 5.97 Å². The van der Waals surface area contributed by atoms with Crippen molar-refractivity contribution < 1.29 is 61.3 Å². The summed E-state index contributed by atoms with van der Waals surface area (Å²) in [4.78, 5) is 8.89. The van der Waals surface area contributed by atoms with E-state index in [-0.39, 0.29) is 58.8 Å². The fraction of sp³-hybridized carbons (Fsp3) is 0.667. The molecule has 0 amide bonds. The molecule has 0 unspecified atom stereocenters. The third-order valence-electron chi connectivity index (χ3n) is 0. The van der Waals surface area contributed by atoms with Crippen LogP contribution in [0.4, 0.5) is 0 Å². The molecule has 32 valence electrons. The van der Waals surface area contributed by atoms with E-state index >= 15 is 0 Å². The van der Waals surface area contributed by atoms with E-state index in [0.29, 0.717) is 0 Å². The number of rotatable bonds is 0. The van der Waals surface area contributed by atoms with Crippen LogP contribution in [0.5, 0.6) is 0 Å². The zero-order chi connectivity index (χ0) is 3.58. The molecule has 0 heterocycles. The molecule has 0 bridgehead atoms. The summed E-state index contributed by atoms with van der Waals surface area (Å²) >= 11 is 0. The third-order valence-corrected chi connectivity index (χ3v) is 0. The van der Waals surface area contributed by atoms with E-state index in [2.05, 4.69) is 0 Å². The van der Waals surface area contributed by atoms with E-state index in [1.165, 1.54) is 0 Å². The Hall–Kier alpha value is 1.11. The van der Waals surface area contributed by atoms with Gasteiger partial charge in [0.05, 0.1) is 0 Å². The SMILES string of the molecule is C.CC(=O)[O-].[K+]. The van der Waals surface area contributed by atoms with Gasteiger partial charge >= 0.3 is 51.4 Å². The number of aliphatic carboxylic acids is 1. The molecule has 6 heavy (non-hydrogen) atoms. The topological polar surface area (TPSA) is 40.1 Å². The Labute approximate surface area is 80.4 Å². The third kappa shape index (κ3) is 70.3. The molecule has 0 aliphatic carbocycles. The van der Waals surface area contributed by atoms with E-state index in [1.807, 2.05) is 0 Å². The van der Waals surface area contributed by atoms with E-state index in [1.54, 1.807) is 0 Å². The summed E-state index contributed by atoms with van der Waals surface area (Å²) in [7, 11) is 0. The Balaban J connectivity index is -0.0000000450. The van der Waals surface area contributed by atoms with Crippen LogP contribution in [0.25, 0.3) is 0 Å². The van der Waals surface area contributed by atoms with Crippen molar-refractivity contribution in [3.8, 4) is 0 Å². The minimum Gasteiger partial charge on any atom is -0.550 e. The smallest absolute Gasteiger partial charge is 0.550 e. The normalized spacial score (nSPS) is 4.17. The molecule has 0 aliphatic heterocycles. The maximum Gasteiger partial charge on any atom is 1.00 e. The first-order valence-corrected chi connectivity index (χ1v) is 0.908. The Bertz CT molecular complexity index is 31.8. The molecule has 2 nitrogen and oxygen atoms in total. The van der Waals surface area contributed by atoms with Crippen LogP contribution in [-0.2, 0) is 4.79 Å². The second-order valence-corrected chi connectivity index (χ2v) is 0.492. The molecule has 0 N–H and O–H groups in total. The van der Waals surface area contributed by atoms with Crippen LogP contribution in [0.15, 0.2) is 0 Å². The van der Waals surface area contributed by atoms with Gasteiger partial charge in [0.2, 0.25) is 0 Å². The van der Waals surface area contributed by atoms with Crippen molar-refractivity contribution in [2.24, 2.45) is 0 Å². The van der Waals surface area contributed by atoms with E-state index in [4.69, 9.17) is 9.90 Å². The molecular formula is C3H7KO2. The van der Waals surface area contributed by atoms with Crippen LogP contribution in [0.2, 0.25) is 0 Å². The standard InChI is InChI=1S/C2H4O2.CH4.K/c1-2(3)4;;/h1H3,(H,3,4);1H4;/q;;+1/p-1. The van der Waals surface area contributed by atoms with Crippen molar-refractivity contribution in [1.29, 1.82) is 0 Å². The van der Waals surface area contributed by atoms with Crippen molar-refractivity contribution in [1.82, 2.24) is 0 Å². The number of carboxylic acids is 1. The number of hydrogen-bond acceptors (Lipinski definition) is 2. The summed E-state index contributed by atoms with van der Waals surface area (Å²) in [6.45, 7) is 0.972. The minimum atomic E-state index is -1.08. The Morgan fingerprint density at radius 1 is 1.67 bits per heavy atom. The van der Waals surface area contributed by atoms with Gasteiger partial charge in [-0.15, -0.1) is 0 Å². The fourth-order valence-corrected chi connectivity index (χ4v) is 0. The van der Waals surface area contributed by atoms with E-state index in [0.717, 1.165) is 6.92 Å². The second-order valence-electron chi connectivity index (χ2n) is 0.492. The molecule has 0 rings (SSSR count). The molecule has 0 aliphatic rings. The first-order valence-electron chi connectivity index (χ1n) is 0.908. The van der Waals surface area contributed by atoms with Crippen molar-refractivity contribution in [2.75, 3.05) is 0 Å². The minimum absolute atomic E-state index is 0.